The van der Waals surface area contributed by atoms with Crippen LogP contribution in [0.4, 0.5) is 10.5 Å². The van der Waals surface area contributed by atoms with Crippen LogP contribution in [0.3, 0.4) is 0 Å². The summed E-state index contributed by atoms with van der Waals surface area (Å²) < 4.78 is 10.3. The van der Waals surface area contributed by atoms with Gasteiger partial charge in [0.05, 0.1) is 22.9 Å². The molecule has 1 saturated carbocycles. The molecular formula is C18H20ClN3O4. The highest BCUT2D eigenvalue weighted by atomic mass is 35.5. The number of anilines is 1. The van der Waals surface area contributed by atoms with Crippen molar-refractivity contribution in [3.8, 4) is 6.07 Å². The number of hydrogen-bond acceptors (Lipinski definition) is 5. The lowest BCUT2D eigenvalue weighted by molar-refractivity contribution is -0.125. The number of rotatable bonds is 5. The average Bonchev–Trinajstić information content (AvgIpc) is 3.13. The second-order valence-electron chi connectivity index (χ2n) is 6.59. The third-order valence-electron chi connectivity index (χ3n) is 5.18. The zero-order chi connectivity index (χ0) is 18.9. The zero-order valence-electron chi connectivity index (χ0n) is 14.7. The fourth-order valence-corrected chi connectivity index (χ4v) is 4.04. The molecule has 1 aliphatic heterocycles. The largest absolute Gasteiger partial charge is 0.359 e. The molecule has 26 heavy (non-hydrogen) atoms. The van der Waals surface area contributed by atoms with Gasteiger partial charge in [0.1, 0.15) is 18.4 Å². The Hall–Kier alpha value is -2.14. The van der Waals surface area contributed by atoms with Crippen LogP contribution in [0.25, 0.3) is 0 Å². The van der Waals surface area contributed by atoms with Gasteiger partial charge in [-0.05, 0) is 37.5 Å². The standard InChI is InChI=1S/C18H20ClN3O4/c1-11-14(6-5-12(8-20)15(11)19)22-16(23)18(21-17(22)24)7-3-4-13(18)9-26-10-25-2/h5-6,13H,3-4,7,9-10H2,1-2H3,(H,21,24)/t13-,18+/m0/s1. The van der Waals surface area contributed by atoms with Crippen LogP contribution in [0.2, 0.25) is 5.02 Å². The fraction of sp³-hybridized carbons (Fsp3) is 0.500. The summed E-state index contributed by atoms with van der Waals surface area (Å²) in [5, 5.41) is 12.2. The monoisotopic (exact) mass is 377 g/mol. The minimum absolute atomic E-state index is 0.117. The molecule has 1 aromatic rings. The van der Waals surface area contributed by atoms with Crippen molar-refractivity contribution in [1.82, 2.24) is 5.32 Å². The number of methoxy groups -OCH3 is 1. The fourth-order valence-electron chi connectivity index (χ4n) is 3.84. The van der Waals surface area contributed by atoms with E-state index < -0.39 is 11.6 Å². The Morgan fingerprint density at radius 2 is 2.23 bits per heavy atom. The van der Waals surface area contributed by atoms with E-state index in [1.54, 1.807) is 13.0 Å². The van der Waals surface area contributed by atoms with Gasteiger partial charge in [-0.1, -0.05) is 18.0 Å². The Bertz CT molecular complexity index is 791. The van der Waals surface area contributed by atoms with Crippen molar-refractivity contribution in [3.63, 3.8) is 0 Å². The van der Waals surface area contributed by atoms with E-state index in [0.29, 0.717) is 29.8 Å². The molecule has 2 aliphatic rings. The van der Waals surface area contributed by atoms with E-state index in [2.05, 4.69) is 5.32 Å². The first-order valence-corrected chi connectivity index (χ1v) is 8.76. The number of carbonyl (C=O) groups excluding carboxylic acids is 2. The molecule has 1 spiro atoms. The second-order valence-corrected chi connectivity index (χ2v) is 6.97. The van der Waals surface area contributed by atoms with Crippen molar-refractivity contribution in [2.45, 2.75) is 31.7 Å². The van der Waals surface area contributed by atoms with Crippen LogP contribution >= 0.6 is 11.6 Å². The summed E-state index contributed by atoms with van der Waals surface area (Å²) in [6.45, 7) is 2.17. The number of benzene rings is 1. The molecule has 3 amide bonds. The predicted octanol–water partition coefficient (Wildman–Crippen LogP) is 2.74. The number of amides is 3. The van der Waals surface area contributed by atoms with Gasteiger partial charge >= 0.3 is 6.03 Å². The zero-order valence-corrected chi connectivity index (χ0v) is 15.4. The van der Waals surface area contributed by atoms with Gasteiger partial charge in [0.15, 0.2) is 0 Å². The predicted molar refractivity (Wildman–Crippen MR) is 94.8 cm³/mol. The molecule has 0 aromatic heterocycles. The Morgan fingerprint density at radius 3 is 2.92 bits per heavy atom. The van der Waals surface area contributed by atoms with E-state index in [9.17, 15) is 9.59 Å². The molecule has 0 unspecified atom stereocenters. The van der Waals surface area contributed by atoms with Crippen LogP contribution in [-0.2, 0) is 14.3 Å². The lowest BCUT2D eigenvalue weighted by Gasteiger charge is -2.28. The van der Waals surface area contributed by atoms with Gasteiger partial charge in [-0.25, -0.2) is 9.69 Å². The summed E-state index contributed by atoms with van der Waals surface area (Å²) in [7, 11) is 1.53. The molecule has 0 radical (unpaired) electrons. The molecule has 138 valence electrons. The maximum atomic E-state index is 13.2. The van der Waals surface area contributed by atoms with Crippen molar-refractivity contribution >= 4 is 29.2 Å². The van der Waals surface area contributed by atoms with Gasteiger partial charge in [0, 0.05) is 13.0 Å². The molecule has 8 heteroatoms. The van der Waals surface area contributed by atoms with Crippen molar-refractivity contribution in [3.05, 3.63) is 28.3 Å². The molecule has 1 N–H and O–H groups in total. The van der Waals surface area contributed by atoms with E-state index in [1.165, 1.54) is 13.2 Å². The van der Waals surface area contributed by atoms with Crippen LogP contribution in [0, 0.1) is 24.2 Å². The molecule has 0 bridgehead atoms. The van der Waals surface area contributed by atoms with Gasteiger partial charge in [-0.2, -0.15) is 5.26 Å². The maximum Gasteiger partial charge on any atom is 0.329 e. The highest BCUT2D eigenvalue weighted by Gasteiger charge is 2.58. The van der Waals surface area contributed by atoms with Crippen LogP contribution in [0.1, 0.15) is 30.4 Å². The van der Waals surface area contributed by atoms with Crippen LogP contribution in [0.5, 0.6) is 0 Å². The summed E-state index contributed by atoms with van der Waals surface area (Å²) >= 11 is 6.21. The Balaban J connectivity index is 1.93. The maximum absolute atomic E-state index is 13.2. The number of nitriles is 1. The Morgan fingerprint density at radius 1 is 1.46 bits per heavy atom. The molecular weight excluding hydrogens is 358 g/mol. The first-order chi connectivity index (χ1) is 12.5. The molecule has 3 rings (SSSR count). The second kappa shape index (κ2) is 7.23. The van der Waals surface area contributed by atoms with Gasteiger partial charge in [0.25, 0.3) is 5.91 Å². The highest BCUT2D eigenvalue weighted by molar-refractivity contribution is 6.33. The minimum Gasteiger partial charge on any atom is -0.359 e. The van der Waals surface area contributed by atoms with Crippen LogP contribution < -0.4 is 10.2 Å². The van der Waals surface area contributed by atoms with E-state index in [0.717, 1.165) is 17.7 Å². The molecule has 1 heterocycles. The van der Waals surface area contributed by atoms with Crippen molar-refractivity contribution in [1.29, 1.82) is 5.26 Å². The van der Waals surface area contributed by atoms with Gasteiger partial charge in [-0.3, -0.25) is 4.79 Å². The number of ether oxygens (including phenoxy) is 2. The van der Waals surface area contributed by atoms with E-state index in [4.69, 9.17) is 26.3 Å². The third kappa shape index (κ3) is 2.84. The van der Waals surface area contributed by atoms with Crippen molar-refractivity contribution in [2.75, 3.05) is 25.4 Å². The topological polar surface area (TPSA) is 91.7 Å². The molecule has 7 nitrogen and oxygen atoms in total. The number of nitrogens with zero attached hydrogens (tertiary/aromatic N) is 2. The summed E-state index contributed by atoms with van der Waals surface area (Å²) in [6, 6.07) is 4.62. The number of urea groups is 1. The van der Waals surface area contributed by atoms with E-state index in [1.807, 2.05) is 6.07 Å². The van der Waals surface area contributed by atoms with Gasteiger partial charge < -0.3 is 14.8 Å². The summed E-state index contributed by atoms with van der Waals surface area (Å²) in [4.78, 5) is 27.0. The normalized spacial score (nSPS) is 25.0. The lowest BCUT2D eigenvalue weighted by atomic mass is 9.87. The SMILES string of the molecule is COCOC[C@@H]1CCC[C@@]12NC(=O)N(c1ccc(C#N)c(Cl)c1C)C2=O. The van der Waals surface area contributed by atoms with Gasteiger partial charge in [0.2, 0.25) is 0 Å². The number of nitrogens with one attached hydrogen (secondary N) is 1. The lowest BCUT2D eigenvalue weighted by Crippen LogP contribution is -2.51. The number of imide groups is 1. The van der Waals surface area contributed by atoms with Crippen LogP contribution in [0.15, 0.2) is 12.1 Å². The van der Waals surface area contributed by atoms with Crippen molar-refractivity contribution in [2.24, 2.45) is 5.92 Å². The minimum atomic E-state index is -0.961. The number of hydrogen-bond donors (Lipinski definition) is 1. The summed E-state index contributed by atoms with van der Waals surface area (Å²) in [5.74, 6) is -0.414. The Kier molecular flexibility index (Phi) is 5.19. The summed E-state index contributed by atoms with van der Waals surface area (Å²) in [6.07, 6.45) is 2.18. The van der Waals surface area contributed by atoms with Crippen molar-refractivity contribution < 1.29 is 19.1 Å². The first-order valence-electron chi connectivity index (χ1n) is 8.39. The smallest absolute Gasteiger partial charge is 0.329 e. The quantitative estimate of drug-likeness (QED) is 0.484. The Labute approximate surface area is 156 Å². The van der Waals surface area contributed by atoms with E-state index >= 15 is 0 Å². The van der Waals surface area contributed by atoms with Gasteiger partial charge in [-0.15, -0.1) is 0 Å². The molecule has 2 fully saturated rings. The highest BCUT2D eigenvalue weighted by Crippen LogP contribution is 2.43. The summed E-state index contributed by atoms with van der Waals surface area (Å²) in [5.41, 5.74) is 0.271. The third-order valence-corrected chi connectivity index (χ3v) is 5.66. The first kappa shape index (κ1) is 18.6. The molecule has 2 atom stereocenters. The van der Waals surface area contributed by atoms with E-state index in [-0.39, 0.29) is 23.6 Å². The molecule has 1 saturated heterocycles. The molecule has 1 aromatic carbocycles. The average molecular weight is 378 g/mol. The number of halogens is 1. The van der Waals surface area contributed by atoms with Crippen LogP contribution in [-0.4, -0.2) is 38.0 Å². The number of carbonyl (C=O) groups is 2. The molecule has 1 aliphatic carbocycles.